The second-order valence-electron chi connectivity index (χ2n) is 3.38. The van der Waals surface area contributed by atoms with Crippen LogP contribution in [0, 0.1) is 5.82 Å². The van der Waals surface area contributed by atoms with Gasteiger partial charge in [-0.1, -0.05) is 6.07 Å². The summed E-state index contributed by atoms with van der Waals surface area (Å²) in [5.41, 5.74) is 0.998. The van der Waals surface area contributed by atoms with Gasteiger partial charge in [-0.2, -0.15) is 0 Å². The van der Waals surface area contributed by atoms with Gasteiger partial charge >= 0.3 is 0 Å². The van der Waals surface area contributed by atoms with Crippen LogP contribution in [0.3, 0.4) is 0 Å². The first kappa shape index (κ1) is 12.9. The van der Waals surface area contributed by atoms with E-state index in [0.29, 0.717) is 4.47 Å². The Morgan fingerprint density at radius 1 is 1.33 bits per heavy atom. The van der Waals surface area contributed by atoms with Gasteiger partial charge in [0.15, 0.2) is 0 Å². The number of rotatable bonds is 1. The van der Waals surface area contributed by atoms with Crippen molar-refractivity contribution in [2.24, 2.45) is 0 Å². The Morgan fingerprint density at radius 3 is 2.73 bits per heavy atom. The molecule has 5 heteroatoms. The van der Waals surface area contributed by atoms with E-state index in [0.717, 1.165) is 25.2 Å². The molecule has 2 rings (SSSR count). The van der Waals surface area contributed by atoms with E-state index in [9.17, 15) is 4.39 Å². The fourth-order valence-electron chi connectivity index (χ4n) is 1.62. The highest BCUT2D eigenvalue weighted by Crippen LogP contribution is 2.20. The lowest BCUT2D eigenvalue weighted by Crippen LogP contribution is -2.42. The van der Waals surface area contributed by atoms with E-state index in [2.05, 4.69) is 26.6 Å². The Morgan fingerprint density at radius 2 is 2.13 bits per heavy atom. The molecule has 1 aliphatic rings. The average Bonchev–Trinajstić information content (AvgIpc) is 2.23. The van der Waals surface area contributed by atoms with Crippen molar-refractivity contribution in [2.75, 3.05) is 19.6 Å². The molecule has 1 aliphatic heterocycles. The fraction of sp³-hybridized carbons (Fsp3) is 0.400. The average molecular weight is 296 g/mol. The van der Waals surface area contributed by atoms with Crippen molar-refractivity contribution in [1.29, 1.82) is 0 Å². The van der Waals surface area contributed by atoms with Gasteiger partial charge in [0.1, 0.15) is 5.82 Å². The normalized spacial score (nSPS) is 20.8. The van der Waals surface area contributed by atoms with Crippen LogP contribution in [0.25, 0.3) is 0 Å². The number of piperazine rings is 1. The molecule has 84 valence electrons. The zero-order chi connectivity index (χ0) is 9.97. The summed E-state index contributed by atoms with van der Waals surface area (Å²) in [6.45, 7) is 2.78. The SMILES string of the molecule is Cl.Fc1cc([C@H]2CNCCN2)ccc1Br. The smallest absolute Gasteiger partial charge is 0.137 e. The highest BCUT2D eigenvalue weighted by atomic mass is 79.9. The second-order valence-corrected chi connectivity index (χ2v) is 4.24. The molecule has 0 saturated carbocycles. The molecule has 1 aromatic carbocycles. The highest BCUT2D eigenvalue weighted by Gasteiger charge is 2.14. The van der Waals surface area contributed by atoms with Crippen LogP contribution >= 0.6 is 28.3 Å². The quantitative estimate of drug-likeness (QED) is 0.830. The minimum atomic E-state index is -0.199. The summed E-state index contributed by atoms with van der Waals surface area (Å²) in [5, 5.41) is 6.61. The van der Waals surface area contributed by atoms with E-state index in [1.54, 1.807) is 12.1 Å². The number of nitrogens with one attached hydrogen (secondary N) is 2. The summed E-state index contributed by atoms with van der Waals surface area (Å²) in [6.07, 6.45) is 0. The number of hydrogen-bond donors (Lipinski definition) is 2. The molecule has 0 spiro atoms. The zero-order valence-electron chi connectivity index (χ0n) is 8.09. The van der Waals surface area contributed by atoms with E-state index in [1.165, 1.54) is 0 Å². The zero-order valence-corrected chi connectivity index (χ0v) is 10.5. The van der Waals surface area contributed by atoms with Crippen LogP contribution in [0.2, 0.25) is 0 Å². The first-order valence-electron chi connectivity index (χ1n) is 4.66. The van der Waals surface area contributed by atoms with Gasteiger partial charge in [0.05, 0.1) is 4.47 Å². The Bertz CT molecular complexity index is 329. The van der Waals surface area contributed by atoms with Crippen LogP contribution in [0.15, 0.2) is 22.7 Å². The minimum absolute atomic E-state index is 0. The lowest BCUT2D eigenvalue weighted by atomic mass is 10.1. The van der Waals surface area contributed by atoms with Gasteiger partial charge in [-0.15, -0.1) is 12.4 Å². The lowest BCUT2D eigenvalue weighted by Gasteiger charge is -2.24. The van der Waals surface area contributed by atoms with E-state index in [4.69, 9.17) is 0 Å². The summed E-state index contributed by atoms with van der Waals surface area (Å²) < 4.78 is 13.8. The van der Waals surface area contributed by atoms with Crippen molar-refractivity contribution >= 4 is 28.3 Å². The van der Waals surface area contributed by atoms with Crippen molar-refractivity contribution in [2.45, 2.75) is 6.04 Å². The number of benzene rings is 1. The first-order valence-corrected chi connectivity index (χ1v) is 5.46. The third-order valence-corrected chi connectivity index (χ3v) is 3.03. The third kappa shape index (κ3) is 3.14. The molecule has 0 amide bonds. The molecule has 0 radical (unpaired) electrons. The summed E-state index contributed by atoms with van der Waals surface area (Å²) in [6, 6.07) is 5.50. The lowest BCUT2D eigenvalue weighted by molar-refractivity contribution is 0.428. The third-order valence-electron chi connectivity index (χ3n) is 2.39. The highest BCUT2D eigenvalue weighted by molar-refractivity contribution is 9.10. The summed E-state index contributed by atoms with van der Waals surface area (Å²) >= 11 is 3.14. The maximum Gasteiger partial charge on any atom is 0.137 e. The molecule has 2 N–H and O–H groups in total. The van der Waals surface area contributed by atoms with E-state index in [1.807, 2.05) is 6.07 Å². The van der Waals surface area contributed by atoms with Gasteiger partial charge in [0, 0.05) is 25.7 Å². The van der Waals surface area contributed by atoms with Crippen molar-refractivity contribution in [1.82, 2.24) is 10.6 Å². The van der Waals surface area contributed by atoms with Gasteiger partial charge in [-0.05, 0) is 33.6 Å². The largest absolute Gasteiger partial charge is 0.314 e. The van der Waals surface area contributed by atoms with Crippen molar-refractivity contribution < 1.29 is 4.39 Å². The molecule has 1 saturated heterocycles. The van der Waals surface area contributed by atoms with Gasteiger partial charge < -0.3 is 10.6 Å². The van der Waals surface area contributed by atoms with Crippen molar-refractivity contribution in [3.8, 4) is 0 Å². The molecule has 0 aliphatic carbocycles. The van der Waals surface area contributed by atoms with Crippen LogP contribution < -0.4 is 10.6 Å². The van der Waals surface area contributed by atoms with Gasteiger partial charge in [0.25, 0.3) is 0 Å². The Labute approximate surface area is 103 Å². The van der Waals surface area contributed by atoms with Gasteiger partial charge in [0.2, 0.25) is 0 Å². The summed E-state index contributed by atoms with van der Waals surface area (Å²) in [5.74, 6) is -0.199. The summed E-state index contributed by atoms with van der Waals surface area (Å²) in [4.78, 5) is 0. The first-order chi connectivity index (χ1) is 6.77. The molecule has 15 heavy (non-hydrogen) atoms. The molecule has 1 heterocycles. The predicted molar refractivity (Wildman–Crippen MR) is 65.0 cm³/mol. The molecular formula is C10H13BrClFN2. The van der Waals surface area contributed by atoms with Crippen LogP contribution in [0.4, 0.5) is 4.39 Å². The monoisotopic (exact) mass is 294 g/mol. The van der Waals surface area contributed by atoms with Crippen LogP contribution in [0.5, 0.6) is 0 Å². The Hall–Kier alpha value is -0.160. The summed E-state index contributed by atoms with van der Waals surface area (Å²) in [7, 11) is 0. The van der Waals surface area contributed by atoms with Crippen LogP contribution in [-0.2, 0) is 0 Å². The molecule has 1 atom stereocenters. The number of hydrogen-bond acceptors (Lipinski definition) is 2. The maximum atomic E-state index is 13.2. The van der Waals surface area contributed by atoms with Crippen LogP contribution in [0.1, 0.15) is 11.6 Å². The predicted octanol–water partition coefficient (Wildman–Crippen LogP) is 2.24. The minimum Gasteiger partial charge on any atom is -0.314 e. The molecular weight excluding hydrogens is 282 g/mol. The molecule has 1 fully saturated rings. The van der Waals surface area contributed by atoms with Crippen molar-refractivity contribution in [3.05, 3.63) is 34.1 Å². The molecule has 1 aromatic rings. The van der Waals surface area contributed by atoms with Gasteiger partial charge in [-0.25, -0.2) is 4.39 Å². The van der Waals surface area contributed by atoms with E-state index in [-0.39, 0.29) is 24.3 Å². The fourth-order valence-corrected chi connectivity index (χ4v) is 1.86. The van der Waals surface area contributed by atoms with Crippen LogP contribution in [-0.4, -0.2) is 19.6 Å². The van der Waals surface area contributed by atoms with E-state index < -0.39 is 0 Å². The van der Waals surface area contributed by atoms with Crippen molar-refractivity contribution in [3.63, 3.8) is 0 Å². The molecule has 0 unspecified atom stereocenters. The second kappa shape index (κ2) is 5.80. The molecule has 2 nitrogen and oxygen atoms in total. The molecule has 0 bridgehead atoms. The number of halogens is 3. The topological polar surface area (TPSA) is 24.1 Å². The Balaban J connectivity index is 0.00000112. The standard InChI is InChI=1S/C10H12BrFN2.ClH/c11-8-2-1-7(5-9(8)12)10-6-13-3-4-14-10;/h1-2,5,10,13-14H,3-4,6H2;1H/t10-;/m1./s1. The molecule has 0 aromatic heterocycles. The maximum absolute atomic E-state index is 13.2. The van der Waals surface area contributed by atoms with Gasteiger partial charge in [-0.3, -0.25) is 0 Å². The van der Waals surface area contributed by atoms with E-state index >= 15 is 0 Å². The Kier molecular flexibility index (Phi) is 4.99.